The SMILES string of the molecule is C=C[C@@H]1C[C@]1(NC(=O)[C@@H]1C[C@@H](Oc2nc3ccccc3nc2Nc2ccccc2)CN1C(=O)[C@@H](O)C(C)(C)C)C(=O)NS(=O)(=O)C1CC1. The zero-order valence-electron chi connectivity index (χ0n) is 27.0. The number of aromatic nitrogens is 2. The standard InChI is InChI=1S/C34H40N6O7S/c1-5-20-18-34(20,32(44)39-48(45,46)23-15-16-23)38-29(42)26-17-22(19-40(26)31(43)27(41)33(2,3)4)47-30-28(35-21-11-7-6-8-12-21)36-24-13-9-10-14-25(24)37-30/h5-14,20,22-23,26-27,41H,1,15-19H2,2-4H3,(H,35,36)(H,38,42)(H,39,44)/t20-,22-,26+,27-,34-/m1/s1. The molecule has 1 saturated heterocycles. The second kappa shape index (κ2) is 12.5. The monoisotopic (exact) mass is 676 g/mol. The van der Waals surface area contributed by atoms with E-state index in [1.54, 1.807) is 26.8 Å². The van der Waals surface area contributed by atoms with Gasteiger partial charge in [-0.15, -0.1) is 6.58 Å². The van der Waals surface area contributed by atoms with Gasteiger partial charge in [-0.2, -0.15) is 0 Å². The maximum atomic E-state index is 14.0. The molecule has 6 rings (SSSR count). The van der Waals surface area contributed by atoms with Crippen LogP contribution in [0.1, 0.15) is 46.5 Å². The predicted octanol–water partition coefficient (Wildman–Crippen LogP) is 2.80. The number of nitrogens with one attached hydrogen (secondary N) is 3. The maximum Gasteiger partial charge on any atom is 0.259 e. The van der Waals surface area contributed by atoms with Crippen LogP contribution >= 0.6 is 0 Å². The average Bonchev–Trinajstić information content (AvgIpc) is 3.97. The van der Waals surface area contributed by atoms with Gasteiger partial charge >= 0.3 is 0 Å². The molecule has 3 amide bonds. The van der Waals surface area contributed by atoms with Crippen molar-refractivity contribution in [3.8, 4) is 5.88 Å². The van der Waals surface area contributed by atoms with E-state index in [4.69, 9.17) is 14.7 Å². The number of ether oxygens (including phenoxy) is 1. The summed E-state index contributed by atoms with van der Waals surface area (Å²) in [6, 6.07) is 15.5. The topological polar surface area (TPSA) is 180 Å². The first-order chi connectivity index (χ1) is 22.7. The van der Waals surface area contributed by atoms with E-state index >= 15 is 0 Å². The Morgan fingerprint density at radius 3 is 2.31 bits per heavy atom. The number of anilines is 2. The van der Waals surface area contributed by atoms with Crippen LogP contribution in [0.5, 0.6) is 5.88 Å². The highest BCUT2D eigenvalue weighted by Crippen LogP contribution is 2.45. The highest BCUT2D eigenvalue weighted by atomic mass is 32.2. The van der Waals surface area contributed by atoms with E-state index in [1.807, 2.05) is 48.5 Å². The molecule has 2 saturated carbocycles. The Balaban J connectivity index is 1.28. The highest BCUT2D eigenvalue weighted by molar-refractivity contribution is 7.91. The van der Waals surface area contributed by atoms with Gasteiger partial charge in [0, 0.05) is 18.0 Å². The zero-order chi connectivity index (χ0) is 34.4. The Morgan fingerprint density at radius 2 is 1.71 bits per heavy atom. The van der Waals surface area contributed by atoms with Crippen LogP contribution in [-0.2, 0) is 24.4 Å². The van der Waals surface area contributed by atoms with E-state index in [9.17, 15) is 27.9 Å². The zero-order valence-corrected chi connectivity index (χ0v) is 27.9. The number of benzene rings is 2. The van der Waals surface area contributed by atoms with Gasteiger partial charge in [-0.3, -0.25) is 19.1 Å². The molecular weight excluding hydrogens is 636 g/mol. The lowest BCUT2D eigenvalue weighted by Gasteiger charge is -2.32. The number of likely N-dealkylation sites (tertiary alicyclic amines) is 1. The molecule has 0 unspecified atom stereocenters. The third-order valence-corrected chi connectivity index (χ3v) is 10.8. The molecule has 14 heteroatoms. The molecule has 254 valence electrons. The van der Waals surface area contributed by atoms with Gasteiger partial charge in [-0.05, 0) is 48.9 Å². The predicted molar refractivity (Wildman–Crippen MR) is 179 cm³/mol. The molecule has 13 nitrogen and oxygen atoms in total. The number of hydrogen-bond acceptors (Lipinski definition) is 10. The number of aliphatic hydroxyl groups is 1. The van der Waals surface area contributed by atoms with Gasteiger partial charge in [0.1, 0.15) is 23.8 Å². The van der Waals surface area contributed by atoms with Gasteiger partial charge in [-0.25, -0.2) is 18.4 Å². The molecule has 4 N–H and O–H groups in total. The van der Waals surface area contributed by atoms with E-state index in [-0.39, 0.29) is 25.3 Å². The van der Waals surface area contributed by atoms with Gasteiger partial charge in [0.05, 0.1) is 22.8 Å². The largest absolute Gasteiger partial charge is 0.470 e. The van der Waals surface area contributed by atoms with Crippen molar-refractivity contribution in [1.29, 1.82) is 0 Å². The van der Waals surface area contributed by atoms with Crippen LogP contribution in [0, 0.1) is 11.3 Å². The van der Waals surface area contributed by atoms with E-state index in [2.05, 4.69) is 21.9 Å². The van der Waals surface area contributed by atoms with Crippen molar-refractivity contribution >= 4 is 50.3 Å². The number of fused-ring (bicyclic) bond motifs is 1. The van der Waals surface area contributed by atoms with Crippen LogP contribution in [0.2, 0.25) is 0 Å². The fraction of sp³-hybridized carbons (Fsp3) is 0.441. The van der Waals surface area contributed by atoms with Crippen LogP contribution in [0.25, 0.3) is 11.0 Å². The van der Waals surface area contributed by atoms with E-state index in [1.165, 1.54) is 11.0 Å². The Morgan fingerprint density at radius 1 is 1.06 bits per heavy atom. The molecular formula is C34H40N6O7S. The fourth-order valence-electron chi connectivity index (χ4n) is 5.89. The smallest absolute Gasteiger partial charge is 0.259 e. The molecule has 2 aromatic carbocycles. The van der Waals surface area contributed by atoms with Crippen molar-refractivity contribution in [3.05, 3.63) is 67.3 Å². The summed E-state index contributed by atoms with van der Waals surface area (Å²) < 4.78 is 33.7. The Hall–Kier alpha value is -4.56. The first-order valence-electron chi connectivity index (χ1n) is 16.0. The molecule has 2 heterocycles. The lowest BCUT2D eigenvalue weighted by Crippen LogP contribution is -2.57. The van der Waals surface area contributed by atoms with Crippen molar-refractivity contribution in [2.45, 2.75) is 75.5 Å². The van der Waals surface area contributed by atoms with E-state index in [0.717, 1.165) is 5.69 Å². The van der Waals surface area contributed by atoms with Gasteiger partial charge < -0.3 is 25.4 Å². The Kier molecular flexibility index (Phi) is 8.66. The number of nitrogens with zero attached hydrogens (tertiary/aromatic N) is 3. The number of hydrogen-bond donors (Lipinski definition) is 4. The van der Waals surface area contributed by atoms with Crippen molar-refractivity contribution < 1.29 is 32.6 Å². The number of amides is 3. The lowest BCUT2D eigenvalue weighted by molar-refractivity contribution is -0.150. The number of rotatable bonds is 11. The lowest BCUT2D eigenvalue weighted by atomic mass is 9.88. The van der Waals surface area contributed by atoms with Crippen LogP contribution in [0.15, 0.2) is 67.3 Å². The maximum absolute atomic E-state index is 14.0. The number of aliphatic hydroxyl groups excluding tert-OH is 1. The van der Waals surface area contributed by atoms with Crippen molar-refractivity contribution in [2.24, 2.45) is 11.3 Å². The third kappa shape index (κ3) is 6.72. The molecule has 1 aromatic heterocycles. The molecule has 2 aliphatic carbocycles. The second-order valence-electron chi connectivity index (χ2n) is 13.8. The van der Waals surface area contributed by atoms with Crippen molar-refractivity contribution in [2.75, 3.05) is 11.9 Å². The molecule has 0 spiro atoms. The summed E-state index contributed by atoms with van der Waals surface area (Å²) in [4.78, 5) is 51.7. The average molecular weight is 677 g/mol. The molecule has 0 radical (unpaired) electrons. The highest BCUT2D eigenvalue weighted by Gasteiger charge is 2.62. The molecule has 3 aliphatic rings. The second-order valence-corrected chi connectivity index (χ2v) is 15.8. The minimum atomic E-state index is -3.88. The summed E-state index contributed by atoms with van der Waals surface area (Å²) in [7, 11) is -3.88. The number of carbonyl (C=O) groups is 3. The molecule has 3 aromatic rings. The van der Waals surface area contributed by atoms with Crippen molar-refractivity contribution in [1.82, 2.24) is 24.9 Å². The quantitative estimate of drug-likeness (QED) is 0.221. The van der Waals surface area contributed by atoms with Crippen molar-refractivity contribution in [3.63, 3.8) is 0 Å². The van der Waals surface area contributed by atoms with Gasteiger partial charge in [0.25, 0.3) is 17.7 Å². The summed E-state index contributed by atoms with van der Waals surface area (Å²) in [5.41, 5.74) is -0.420. The first-order valence-corrected chi connectivity index (χ1v) is 17.5. The van der Waals surface area contributed by atoms with Gasteiger partial charge in [0.2, 0.25) is 15.9 Å². The summed E-state index contributed by atoms with van der Waals surface area (Å²) in [6.45, 7) is 8.80. The summed E-state index contributed by atoms with van der Waals surface area (Å²) >= 11 is 0. The number of para-hydroxylation sites is 3. The minimum absolute atomic E-state index is 0.00451. The molecule has 1 aliphatic heterocycles. The number of sulfonamides is 1. The van der Waals surface area contributed by atoms with Crippen LogP contribution in [0.3, 0.4) is 0 Å². The fourth-order valence-corrected chi connectivity index (χ4v) is 7.25. The molecule has 3 fully saturated rings. The number of carbonyl (C=O) groups excluding carboxylic acids is 3. The molecule has 0 bridgehead atoms. The summed E-state index contributed by atoms with van der Waals surface area (Å²) in [6.07, 6.45) is 0.394. The Labute approximate surface area is 279 Å². The van der Waals surface area contributed by atoms with E-state index < -0.39 is 68.1 Å². The summed E-state index contributed by atoms with van der Waals surface area (Å²) in [5, 5.41) is 16.3. The molecule has 5 atom stereocenters. The minimum Gasteiger partial charge on any atom is -0.470 e. The summed E-state index contributed by atoms with van der Waals surface area (Å²) in [5.74, 6) is -2.21. The van der Waals surface area contributed by atoms with E-state index in [0.29, 0.717) is 29.7 Å². The van der Waals surface area contributed by atoms with Crippen LogP contribution in [0.4, 0.5) is 11.5 Å². The Bertz CT molecular complexity index is 1860. The molecule has 48 heavy (non-hydrogen) atoms. The van der Waals surface area contributed by atoms with Crippen LogP contribution < -0.4 is 20.1 Å². The first kappa shape index (κ1) is 33.3. The van der Waals surface area contributed by atoms with Gasteiger partial charge in [-0.1, -0.05) is 57.2 Å². The van der Waals surface area contributed by atoms with Crippen LogP contribution in [-0.4, -0.2) is 81.7 Å². The van der Waals surface area contributed by atoms with Gasteiger partial charge in [0.15, 0.2) is 5.82 Å². The third-order valence-electron chi connectivity index (χ3n) is 9.00. The normalized spacial score (nSPS) is 24.4.